The number of hydrogen-bond acceptors (Lipinski definition) is 3. The smallest absolute Gasteiger partial charge is 0.126 e. The normalized spacial score (nSPS) is 29.8. The molecular weight excluding hydrogens is 270 g/mol. The summed E-state index contributed by atoms with van der Waals surface area (Å²) >= 11 is 0. The maximum atomic E-state index is 8.90. The van der Waals surface area contributed by atoms with Crippen LogP contribution < -0.4 is 0 Å². The van der Waals surface area contributed by atoms with Crippen molar-refractivity contribution in [2.75, 3.05) is 13.1 Å². The van der Waals surface area contributed by atoms with Gasteiger partial charge in [-0.15, -0.1) is 0 Å². The number of nitriles is 2. The second kappa shape index (κ2) is 5.59. The second-order valence-electron chi connectivity index (χ2n) is 6.72. The van der Waals surface area contributed by atoms with Crippen LogP contribution in [0.2, 0.25) is 0 Å². The number of benzene rings is 1. The monoisotopic (exact) mass is 291 g/mol. The first-order valence-corrected chi connectivity index (χ1v) is 7.93. The van der Waals surface area contributed by atoms with Crippen LogP contribution in [0.1, 0.15) is 31.4 Å². The predicted molar refractivity (Wildman–Crippen MR) is 85.9 cm³/mol. The molecule has 1 aromatic carbocycles. The molecule has 2 bridgehead atoms. The van der Waals surface area contributed by atoms with Crippen molar-refractivity contribution in [3.05, 3.63) is 47.0 Å². The van der Waals surface area contributed by atoms with Crippen molar-refractivity contribution in [3.8, 4) is 12.1 Å². The molecule has 0 spiro atoms. The molecule has 2 aliphatic rings. The van der Waals surface area contributed by atoms with Gasteiger partial charge in [-0.3, -0.25) is 4.90 Å². The summed E-state index contributed by atoms with van der Waals surface area (Å²) in [4.78, 5) is 2.44. The Morgan fingerprint density at radius 3 is 2.82 bits per heavy atom. The second-order valence-corrected chi connectivity index (χ2v) is 6.72. The van der Waals surface area contributed by atoms with Gasteiger partial charge in [-0.05, 0) is 47.9 Å². The Bertz CT molecular complexity index is 675. The van der Waals surface area contributed by atoms with Gasteiger partial charge in [0.2, 0.25) is 0 Å². The van der Waals surface area contributed by atoms with Crippen LogP contribution in [0.15, 0.2) is 35.9 Å². The van der Waals surface area contributed by atoms with Gasteiger partial charge < -0.3 is 0 Å². The summed E-state index contributed by atoms with van der Waals surface area (Å²) in [7, 11) is 0. The van der Waals surface area contributed by atoms with Crippen LogP contribution in [0, 0.1) is 28.6 Å². The van der Waals surface area contributed by atoms with Crippen molar-refractivity contribution < 1.29 is 0 Å². The molecule has 1 saturated heterocycles. The van der Waals surface area contributed by atoms with Crippen molar-refractivity contribution in [1.82, 2.24) is 4.90 Å². The minimum Gasteiger partial charge on any atom is -0.296 e. The molecule has 1 heterocycles. The van der Waals surface area contributed by atoms with E-state index in [1.165, 1.54) is 11.1 Å². The van der Waals surface area contributed by atoms with Crippen LogP contribution in [0.25, 0.3) is 0 Å². The van der Waals surface area contributed by atoms with E-state index < -0.39 is 0 Å². The van der Waals surface area contributed by atoms with Gasteiger partial charge in [0.05, 0.1) is 0 Å². The molecule has 112 valence electrons. The van der Waals surface area contributed by atoms with Gasteiger partial charge in [0.15, 0.2) is 0 Å². The maximum Gasteiger partial charge on any atom is 0.126 e. The molecule has 3 atom stereocenters. The van der Waals surface area contributed by atoms with Crippen molar-refractivity contribution in [3.63, 3.8) is 0 Å². The first-order chi connectivity index (χ1) is 10.6. The molecule has 0 N–H and O–H groups in total. The third-order valence-electron chi connectivity index (χ3n) is 5.80. The number of hydrogen-bond donors (Lipinski definition) is 0. The van der Waals surface area contributed by atoms with E-state index in [1.54, 1.807) is 6.08 Å². The Morgan fingerprint density at radius 1 is 1.36 bits per heavy atom. The molecule has 0 aromatic heterocycles. The van der Waals surface area contributed by atoms with E-state index >= 15 is 0 Å². The molecule has 22 heavy (non-hydrogen) atoms. The molecule has 1 aliphatic carbocycles. The fourth-order valence-electron chi connectivity index (χ4n) is 4.23. The highest BCUT2D eigenvalue weighted by Gasteiger charge is 2.47. The van der Waals surface area contributed by atoms with Gasteiger partial charge >= 0.3 is 0 Å². The summed E-state index contributed by atoms with van der Waals surface area (Å²) in [6.07, 6.45) is 3.97. The Balaban J connectivity index is 1.89. The number of piperidine rings is 1. The zero-order valence-corrected chi connectivity index (χ0v) is 13.2. The lowest BCUT2D eigenvalue weighted by Crippen LogP contribution is -2.57. The van der Waals surface area contributed by atoms with Crippen LogP contribution >= 0.6 is 0 Å². The Hall–Kier alpha value is -2.10. The van der Waals surface area contributed by atoms with E-state index in [0.717, 1.165) is 19.4 Å². The molecule has 0 amide bonds. The van der Waals surface area contributed by atoms with E-state index in [9.17, 15) is 0 Å². The number of likely N-dealkylation sites (tertiary alicyclic amines) is 1. The predicted octanol–water partition coefficient (Wildman–Crippen LogP) is 3.18. The summed E-state index contributed by atoms with van der Waals surface area (Å²) in [6.45, 7) is 6.47. The van der Waals surface area contributed by atoms with Crippen LogP contribution in [-0.4, -0.2) is 24.0 Å². The lowest BCUT2D eigenvalue weighted by molar-refractivity contribution is 0.0399. The standard InChI is InChI=1S/C19H21N3/c1-14-18-11-16-5-3-4-6-17(16)19(14,2)8-10-22(18)9-7-15(12-20)13-21/h3-7,14,18H,8-11H2,1-2H3. The van der Waals surface area contributed by atoms with Gasteiger partial charge in [0, 0.05) is 12.6 Å². The van der Waals surface area contributed by atoms with E-state index in [1.807, 2.05) is 12.1 Å². The van der Waals surface area contributed by atoms with Gasteiger partial charge in [-0.2, -0.15) is 10.5 Å². The van der Waals surface area contributed by atoms with Gasteiger partial charge in [0.25, 0.3) is 0 Å². The summed E-state index contributed by atoms with van der Waals surface area (Å²) in [5.41, 5.74) is 3.44. The van der Waals surface area contributed by atoms with Crippen LogP contribution in [0.4, 0.5) is 0 Å². The number of rotatable bonds is 2. The average molecular weight is 291 g/mol. The van der Waals surface area contributed by atoms with E-state index in [2.05, 4.69) is 43.0 Å². The van der Waals surface area contributed by atoms with Crippen molar-refractivity contribution in [2.24, 2.45) is 5.92 Å². The van der Waals surface area contributed by atoms with Gasteiger partial charge in [0.1, 0.15) is 17.7 Å². The quantitative estimate of drug-likeness (QED) is 0.786. The zero-order chi connectivity index (χ0) is 15.7. The number of fused-ring (bicyclic) bond motifs is 4. The number of nitrogens with zero attached hydrogens (tertiary/aromatic N) is 3. The highest BCUT2D eigenvalue weighted by molar-refractivity contribution is 5.40. The maximum absolute atomic E-state index is 8.90. The summed E-state index contributed by atoms with van der Waals surface area (Å²) in [5.74, 6) is 0.581. The summed E-state index contributed by atoms with van der Waals surface area (Å²) < 4.78 is 0. The number of allylic oxidation sites excluding steroid dienone is 1. The first-order valence-electron chi connectivity index (χ1n) is 7.93. The van der Waals surface area contributed by atoms with Crippen LogP contribution in [0.5, 0.6) is 0 Å². The highest BCUT2D eigenvalue weighted by atomic mass is 15.2. The average Bonchev–Trinajstić information content (AvgIpc) is 2.53. The minimum absolute atomic E-state index is 0.220. The lowest BCUT2D eigenvalue weighted by atomic mass is 9.59. The minimum atomic E-state index is 0.220. The molecule has 0 radical (unpaired) electrons. The van der Waals surface area contributed by atoms with Crippen LogP contribution in [0.3, 0.4) is 0 Å². The molecule has 3 rings (SSSR count). The summed E-state index contributed by atoms with van der Waals surface area (Å²) in [5, 5.41) is 17.8. The van der Waals surface area contributed by atoms with Crippen molar-refractivity contribution in [2.45, 2.75) is 38.1 Å². The third-order valence-corrected chi connectivity index (χ3v) is 5.80. The first kappa shape index (κ1) is 14.8. The van der Waals surface area contributed by atoms with E-state index in [4.69, 9.17) is 10.5 Å². The van der Waals surface area contributed by atoms with E-state index in [-0.39, 0.29) is 11.0 Å². The Labute approximate surface area is 132 Å². The van der Waals surface area contributed by atoms with E-state index in [0.29, 0.717) is 18.5 Å². The molecule has 1 fully saturated rings. The van der Waals surface area contributed by atoms with Gasteiger partial charge in [-0.25, -0.2) is 0 Å². The summed E-state index contributed by atoms with van der Waals surface area (Å²) in [6, 6.07) is 13.2. The molecule has 3 nitrogen and oxygen atoms in total. The topological polar surface area (TPSA) is 50.8 Å². The highest BCUT2D eigenvalue weighted by Crippen LogP contribution is 2.48. The Kier molecular flexibility index (Phi) is 3.77. The molecule has 3 unspecified atom stereocenters. The molecule has 1 aliphatic heterocycles. The Morgan fingerprint density at radius 2 is 2.09 bits per heavy atom. The van der Waals surface area contributed by atoms with Crippen molar-refractivity contribution >= 4 is 0 Å². The molecular formula is C19H21N3. The third kappa shape index (κ3) is 2.23. The molecule has 3 heteroatoms. The fraction of sp³-hybridized carbons (Fsp3) is 0.474. The largest absolute Gasteiger partial charge is 0.296 e. The molecule has 0 saturated carbocycles. The van der Waals surface area contributed by atoms with Gasteiger partial charge in [-0.1, -0.05) is 38.1 Å². The van der Waals surface area contributed by atoms with Crippen molar-refractivity contribution in [1.29, 1.82) is 10.5 Å². The molecule has 1 aromatic rings. The fourth-order valence-corrected chi connectivity index (χ4v) is 4.23. The van der Waals surface area contributed by atoms with Crippen LogP contribution in [-0.2, 0) is 11.8 Å². The zero-order valence-electron chi connectivity index (χ0n) is 13.2. The lowest BCUT2D eigenvalue weighted by Gasteiger charge is -2.54. The SMILES string of the molecule is CC1C2Cc3ccccc3C1(C)CCN2CC=C(C#N)C#N.